The van der Waals surface area contributed by atoms with Crippen LogP contribution in [0.25, 0.3) is 22.6 Å². The highest BCUT2D eigenvalue weighted by Gasteiger charge is 2.10. The van der Waals surface area contributed by atoms with Crippen LogP contribution < -0.4 is 0 Å². The maximum Gasteiger partial charge on any atom is 0.259 e. The Kier molecular flexibility index (Phi) is 3.44. The van der Waals surface area contributed by atoms with Crippen LogP contribution >= 0.6 is 22.9 Å². The Labute approximate surface area is 119 Å². The molecule has 0 amide bonds. The Balaban J connectivity index is 1.90. The minimum absolute atomic E-state index is 0.326. The van der Waals surface area contributed by atoms with Gasteiger partial charge in [0.1, 0.15) is 5.03 Å². The summed E-state index contributed by atoms with van der Waals surface area (Å²) in [5.74, 6) is 0.791. The van der Waals surface area contributed by atoms with Gasteiger partial charge in [-0.05, 0) is 40.6 Å². The molecule has 0 aliphatic carbocycles. The molecular formula is C14H9ClN2OS. The van der Waals surface area contributed by atoms with Gasteiger partial charge >= 0.3 is 0 Å². The lowest BCUT2D eigenvalue weighted by atomic mass is 10.2. The summed E-state index contributed by atoms with van der Waals surface area (Å²) in [6.45, 7) is 0. The van der Waals surface area contributed by atoms with Crippen molar-refractivity contribution >= 4 is 34.0 Å². The molecule has 5 heteroatoms. The predicted octanol–water partition coefficient (Wildman–Crippen LogP) is 4.54. The van der Waals surface area contributed by atoms with E-state index in [2.05, 4.69) is 10.2 Å². The quantitative estimate of drug-likeness (QED) is 0.710. The van der Waals surface area contributed by atoms with Gasteiger partial charge in [-0.3, -0.25) is 0 Å². The van der Waals surface area contributed by atoms with Crippen molar-refractivity contribution in [2.75, 3.05) is 0 Å². The molecule has 0 spiro atoms. The summed E-state index contributed by atoms with van der Waals surface area (Å²) >= 11 is 7.78. The Morgan fingerprint density at radius 3 is 2.74 bits per heavy atom. The monoisotopic (exact) mass is 288 g/mol. The summed E-state index contributed by atoms with van der Waals surface area (Å²) < 4.78 is 5.56. The summed E-state index contributed by atoms with van der Waals surface area (Å²) in [5.41, 5.74) is 1.90. The number of thiophene rings is 1. The SMILES string of the molecule is Cl/C(=C\c1ccsc1)c1nnc(-c2ccccc2)o1. The molecular weight excluding hydrogens is 280 g/mol. The van der Waals surface area contributed by atoms with Crippen LogP contribution in [0, 0.1) is 0 Å². The van der Waals surface area contributed by atoms with Gasteiger partial charge in [0.25, 0.3) is 5.89 Å². The Bertz CT molecular complexity index is 689. The summed E-state index contributed by atoms with van der Waals surface area (Å²) in [4.78, 5) is 0. The van der Waals surface area contributed by atoms with Gasteiger partial charge in [0, 0.05) is 5.56 Å². The molecule has 19 heavy (non-hydrogen) atoms. The molecule has 1 aromatic carbocycles. The van der Waals surface area contributed by atoms with E-state index in [0.717, 1.165) is 11.1 Å². The molecule has 3 aromatic rings. The molecule has 0 fully saturated rings. The second-order valence-corrected chi connectivity index (χ2v) is 5.01. The molecule has 0 N–H and O–H groups in total. The van der Waals surface area contributed by atoms with Crippen LogP contribution in [0.3, 0.4) is 0 Å². The van der Waals surface area contributed by atoms with Crippen molar-refractivity contribution in [2.24, 2.45) is 0 Å². The number of benzene rings is 1. The maximum absolute atomic E-state index is 6.17. The first-order valence-corrected chi connectivity index (χ1v) is 6.94. The zero-order valence-corrected chi connectivity index (χ0v) is 11.4. The molecule has 0 radical (unpaired) electrons. The van der Waals surface area contributed by atoms with E-state index >= 15 is 0 Å². The maximum atomic E-state index is 6.17. The van der Waals surface area contributed by atoms with Gasteiger partial charge < -0.3 is 4.42 Å². The van der Waals surface area contributed by atoms with Crippen LogP contribution in [0.1, 0.15) is 11.5 Å². The van der Waals surface area contributed by atoms with Gasteiger partial charge in [-0.1, -0.05) is 29.8 Å². The van der Waals surface area contributed by atoms with E-state index < -0.39 is 0 Å². The Hall–Kier alpha value is -1.91. The second-order valence-electron chi connectivity index (χ2n) is 3.83. The van der Waals surface area contributed by atoms with E-state index in [0.29, 0.717) is 16.8 Å². The van der Waals surface area contributed by atoms with E-state index in [1.807, 2.05) is 47.2 Å². The number of hydrogen-bond acceptors (Lipinski definition) is 4. The first kappa shape index (κ1) is 12.1. The van der Waals surface area contributed by atoms with Crippen LogP contribution in [-0.4, -0.2) is 10.2 Å². The van der Waals surface area contributed by atoms with Gasteiger partial charge in [0.15, 0.2) is 0 Å². The average Bonchev–Trinajstić information content (AvgIpc) is 3.10. The van der Waals surface area contributed by atoms with Gasteiger partial charge in [0.05, 0.1) is 0 Å². The minimum Gasteiger partial charge on any atom is -0.415 e. The van der Waals surface area contributed by atoms with Gasteiger partial charge in [-0.15, -0.1) is 10.2 Å². The van der Waals surface area contributed by atoms with Crippen molar-refractivity contribution in [3.8, 4) is 11.5 Å². The Morgan fingerprint density at radius 1 is 1.16 bits per heavy atom. The van der Waals surface area contributed by atoms with Crippen molar-refractivity contribution in [1.82, 2.24) is 10.2 Å². The molecule has 0 bridgehead atoms. The van der Waals surface area contributed by atoms with E-state index in [4.69, 9.17) is 16.0 Å². The molecule has 94 valence electrons. The molecule has 0 atom stereocenters. The van der Waals surface area contributed by atoms with E-state index in [9.17, 15) is 0 Å². The minimum atomic E-state index is 0.326. The van der Waals surface area contributed by atoms with E-state index in [1.165, 1.54) is 0 Å². The van der Waals surface area contributed by atoms with Crippen molar-refractivity contribution in [1.29, 1.82) is 0 Å². The lowest BCUT2D eigenvalue weighted by molar-refractivity contribution is 0.556. The topological polar surface area (TPSA) is 38.9 Å². The van der Waals surface area contributed by atoms with Crippen molar-refractivity contribution in [2.45, 2.75) is 0 Å². The number of rotatable bonds is 3. The fraction of sp³-hybridized carbons (Fsp3) is 0. The van der Waals surface area contributed by atoms with Crippen LogP contribution in [0.15, 0.2) is 51.6 Å². The molecule has 3 nitrogen and oxygen atoms in total. The second kappa shape index (κ2) is 5.38. The highest BCUT2D eigenvalue weighted by atomic mass is 35.5. The normalized spacial score (nSPS) is 11.7. The number of nitrogens with zero attached hydrogens (tertiary/aromatic N) is 2. The van der Waals surface area contributed by atoms with E-state index in [-0.39, 0.29) is 0 Å². The van der Waals surface area contributed by atoms with Crippen LogP contribution in [0.4, 0.5) is 0 Å². The molecule has 0 unspecified atom stereocenters. The average molecular weight is 289 g/mol. The summed E-state index contributed by atoms with van der Waals surface area (Å²) in [6.07, 6.45) is 1.81. The third kappa shape index (κ3) is 2.75. The highest BCUT2D eigenvalue weighted by molar-refractivity contribution is 7.08. The summed E-state index contributed by atoms with van der Waals surface area (Å²) in [5, 5.41) is 12.4. The molecule has 0 aliphatic heterocycles. The summed E-state index contributed by atoms with van der Waals surface area (Å²) in [7, 11) is 0. The van der Waals surface area contributed by atoms with Gasteiger partial charge in [0.2, 0.25) is 5.89 Å². The van der Waals surface area contributed by atoms with Crippen molar-refractivity contribution < 1.29 is 4.42 Å². The molecule has 0 saturated carbocycles. The lowest BCUT2D eigenvalue weighted by Crippen LogP contribution is -1.76. The van der Waals surface area contributed by atoms with Gasteiger partial charge in [-0.25, -0.2) is 0 Å². The third-order valence-electron chi connectivity index (χ3n) is 2.49. The van der Waals surface area contributed by atoms with Crippen LogP contribution in [0.5, 0.6) is 0 Å². The first-order valence-electron chi connectivity index (χ1n) is 5.61. The van der Waals surface area contributed by atoms with Crippen molar-refractivity contribution in [3.05, 3.63) is 58.6 Å². The zero-order valence-electron chi connectivity index (χ0n) is 9.79. The van der Waals surface area contributed by atoms with Crippen LogP contribution in [-0.2, 0) is 0 Å². The summed E-state index contributed by atoms with van der Waals surface area (Å²) in [6, 6.07) is 11.6. The predicted molar refractivity (Wildman–Crippen MR) is 77.8 cm³/mol. The molecule has 2 aromatic heterocycles. The lowest BCUT2D eigenvalue weighted by Gasteiger charge is -1.92. The number of halogens is 1. The van der Waals surface area contributed by atoms with E-state index in [1.54, 1.807) is 17.4 Å². The molecule has 2 heterocycles. The fourth-order valence-electron chi connectivity index (χ4n) is 1.58. The third-order valence-corrected chi connectivity index (χ3v) is 3.46. The fourth-order valence-corrected chi connectivity index (χ4v) is 2.40. The number of aromatic nitrogens is 2. The standard InChI is InChI=1S/C14H9ClN2OS/c15-12(8-10-6-7-19-9-10)14-17-16-13(18-14)11-4-2-1-3-5-11/h1-9H/b12-8-. The Morgan fingerprint density at radius 2 is 2.00 bits per heavy atom. The zero-order chi connectivity index (χ0) is 13.1. The highest BCUT2D eigenvalue weighted by Crippen LogP contribution is 2.25. The van der Waals surface area contributed by atoms with Crippen LogP contribution in [0.2, 0.25) is 0 Å². The van der Waals surface area contributed by atoms with Gasteiger partial charge in [-0.2, -0.15) is 11.3 Å². The number of hydrogen-bond donors (Lipinski definition) is 0. The largest absolute Gasteiger partial charge is 0.415 e. The first-order chi connectivity index (χ1) is 9.33. The smallest absolute Gasteiger partial charge is 0.259 e. The van der Waals surface area contributed by atoms with Crippen molar-refractivity contribution in [3.63, 3.8) is 0 Å². The molecule has 0 saturated heterocycles. The molecule has 0 aliphatic rings. The molecule has 3 rings (SSSR count).